The zero-order chi connectivity index (χ0) is 16.5. The molecule has 3 atom stereocenters. The molecule has 3 heterocycles. The Morgan fingerprint density at radius 1 is 1.25 bits per heavy atom. The molecule has 24 heavy (non-hydrogen) atoms. The second kappa shape index (κ2) is 6.38. The number of piperidine rings is 1. The molecule has 0 N–H and O–H groups in total. The van der Waals surface area contributed by atoms with E-state index in [1.165, 1.54) is 19.3 Å². The Balaban J connectivity index is 1.52. The van der Waals surface area contributed by atoms with E-state index in [9.17, 15) is 4.79 Å². The first-order valence-electron chi connectivity index (χ1n) is 8.97. The molecule has 2 aromatic rings. The van der Waals surface area contributed by atoms with Gasteiger partial charge in [0.2, 0.25) is 0 Å². The van der Waals surface area contributed by atoms with Crippen molar-refractivity contribution in [1.29, 1.82) is 0 Å². The minimum absolute atomic E-state index is 0.143. The predicted molar refractivity (Wildman–Crippen MR) is 91.9 cm³/mol. The van der Waals surface area contributed by atoms with Crippen molar-refractivity contribution in [3.63, 3.8) is 0 Å². The summed E-state index contributed by atoms with van der Waals surface area (Å²) in [5, 5.41) is 0. The van der Waals surface area contributed by atoms with Crippen molar-refractivity contribution in [2.24, 2.45) is 11.8 Å². The molecule has 1 aliphatic carbocycles. The van der Waals surface area contributed by atoms with Crippen LogP contribution in [0, 0.1) is 11.8 Å². The van der Waals surface area contributed by atoms with E-state index in [4.69, 9.17) is 0 Å². The number of pyridine rings is 1. The van der Waals surface area contributed by atoms with Gasteiger partial charge < -0.3 is 4.90 Å². The Hall–Kier alpha value is -2.17. The molecule has 0 aromatic carbocycles. The lowest BCUT2D eigenvalue weighted by Crippen LogP contribution is -2.50. The van der Waals surface area contributed by atoms with Gasteiger partial charge in [0.15, 0.2) is 0 Å². The number of hydrogen-bond donors (Lipinski definition) is 0. The average Bonchev–Trinajstić information content (AvgIpc) is 3.15. The third-order valence-electron chi connectivity index (χ3n) is 5.60. The van der Waals surface area contributed by atoms with Crippen LogP contribution in [-0.4, -0.2) is 37.9 Å². The van der Waals surface area contributed by atoms with Gasteiger partial charge in [0.25, 0.3) is 5.91 Å². The lowest BCUT2D eigenvalue weighted by atomic mass is 9.74. The van der Waals surface area contributed by atoms with Crippen LogP contribution in [0.1, 0.15) is 49.4 Å². The molecule has 2 aliphatic rings. The van der Waals surface area contributed by atoms with E-state index in [0.717, 1.165) is 31.1 Å². The van der Waals surface area contributed by atoms with Gasteiger partial charge in [-0.2, -0.15) is 0 Å². The molecular weight excluding hydrogens is 300 g/mol. The first-order valence-corrected chi connectivity index (χ1v) is 8.97. The number of amides is 1. The van der Waals surface area contributed by atoms with Gasteiger partial charge in [-0.15, -0.1) is 0 Å². The lowest BCUT2D eigenvalue weighted by molar-refractivity contribution is 0.0321. The minimum atomic E-state index is 0.143. The highest BCUT2D eigenvalue weighted by atomic mass is 16.2. The Kier molecular flexibility index (Phi) is 4.08. The quantitative estimate of drug-likeness (QED) is 0.851. The fourth-order valence-electron chi connectivity index (χ4n) is 4.37. The molecule has 126 valence electrons. The van der Waals surface area contributed by atoms with Gasteiger partial charge in [-0.3, -0.25) is 9.36 Å². The Morgan fingerprint density at radius 2 is 2.17 bits per heavy atom. The van der Waals surface area contributed by atoms with Crippen LogP contribution in [0.2, 0.25) is 0 Å². The van der Waals surface area contributed by atoms with Gasteiger partial charge in [-0.05, 0) is 56.1 Å². The maximum atomic E-state index is 13.0. The van der Waals surface area contributed by atoms with Gasteiger partial charge in [-0.25, -0.2) is 9.97 Å². The number of hydrogen-bond acceptors (Lipinski definition) is 3. The first-order chi connectivity index (χ1) is 11.7. The van der Waals surface area contributed by atoms with Crippen LogP contribution in [0.4, 0.5) is 0 Å². The van der Waals surface area contributed by atoms with Crippen molar-refractivity contribution in [1.82, 2.24) is 19.4 Å². The summed E-state index contributed by atoms with van der Waals surface area (Å²) >= 11 is 0. The van der Waals surface area contributed by atoms with Gasteiger partial charge in [0, 0.05) is 31.2 Å². The molecule has 5 heteroatoms. The fourth-order valence-corrected chi connectivity index (χ4v) is 4.37. The molecule has 1 aliphatic heterocycles. The molecule has 2 fully saturated rings. The predicted octanol–water partition coefficient (Wildman–Crippen LogP) is 3.31. The van der Waals surface area contributed by atoms with Crippen LogP contribution < -0.4 is 0 Å². The maximum Gasteiger partial charge on any atom is 0.255 e. The largest absolute Gasteiger partial charge is 0.335 e. The summed E-state index contributed by atoms with van der Waals surface area (Å²) in [6.45, 7) is 3.23. The molecule has 0 spiro atoms. The SMILES string of the molecule is C[C@@H]1CC[C@H]2[C@@H](CCCN2C(=O)c2ccc(-n3ccnc3)nc2)C1. The van der Waals surface area contributed by atoms with Crippen LogP contribution in [-0.2, 0) is 0 Å². The molecule has 4 rings (SSSR count). The van der Waals surface area contributed by atoms with Gasteiger partial charge in [-0.1, -0.05) is 6.92 Å². The summed E-state index contributed by atoms with van der Waals surface area (Å²) in [5.74, 6) is 2.41. The molecule has 5 nitrogen and oxygen atoms in total. The number of rotatable bonds is 2. The van der Waals surface area contributed by atoms with Crippen LogP contribution in [0.3, 0.4) is 0 Å². The third-order valence-corrected chi connectivity index (χ3v) is 5.60. The third kappa shape index (κ3) is 2.83. The van der Waals surface area contributed by atoms with Crippen molar-refractivity contribution in [2.75, 3.05) is 6.54 Å². The van der Waals surface area contributed by atoms with E-state index in [0.29, 0.717) is 17.5 Å². The van der Waals surface area contributed by atoms with Crippen molar-refractivity contribution in [3.8, 4) is 5.82 Å². The second-order valence-corrected chi connectivity index (χ2v) is 7.26. The van der Waals surface area contributed by atoms with Crippen molar-refractivity contribution in [3.05, 3.63) is 42.6 Å². The standard InChI is InChI=1S/C19H24N4O/c1-14-4-6-17-15(11-14)3-2-9-23(17)19(24)16-5-7-18(21-12-16)22-10-8-20-13-22/h5,7-8,10,12-15,17H,2-4,6,9,11H2,1H3/t14-,15+,17+/m1/s1. The molecule has 0 bridgehead atoms. The van der Waals surface area contributed by atoms with Gasteiger partial charge in [0.1, 0.15) is 12.1 Å². The molecule has 0 radical (unpaired) electrons. The lowest BCUT2D eigenvalue weighted by Gasteiger charge is -2.45. The summed E-state index contributed by atoms with van der Waals surface area (Å²) in [7, 11) is 0. The van der Waals surface area contributed by atoms with E-state index in [1.807, 2.05) is 22.9 Å². The molecule has 1 amide bonds. The van der Waals surface area contributed by atoms with Crippen LogP contribution in [0.15, 0.2) is 37.1 Å². The highest BCUT2D eigenvalue weighted by Gasteiger charge is 2.37. The fraction of sp³-hybridized carbons (Fsp3) is 0.526. The molecule has 0 unspecified atom stereocenters. The maximum absolute atomic E-state index is 13.0. The van der Waals surface area contributed by atoms with Crippen LogP contribution >= 0.6 is 0 Å². The highest BCUT2D eigenvalue weighted by Crippen LogP contribution is 2.38. The van der Waals surface area contributed by atoms with Crippen molar-refractivity contribution in [2.45, 2.75) is 45.1 Å². The monoisotopic (exact) mass is 324 g/mol. The minimum Gasteiger partial charge on any atom is -0.335 e. The van der Waals surface area contributed by atoms with E-state index < -0.39 is 0 Å². The first kappa shape index (κ1) is 15.4. The number of carbonyl (C=O) groups is 1. The number of aromatic nitrogens is 3. The zero-order valence-corrected chi connectivity index (χ0v) is 14.1. The van der Waals surface area contributed by atoms with E-state index in [-0.39, 0.29) is 5.91 Å². The number of nitrogens with zero attached hydrogens (tertiary/aromatic N) is 4. The Labute approximate surface area is 142 Å². The number of fused-ring (bicyclic) bond motifs is 1. The number of likely N-dealkylation sites (tertiary alicyclic amines) is 1. The highest BCUT2D eigenvalue weighted by molar-refractivity contribution is 5.94. The second-order valence-electron chi connectivity index (χ2n) is 7.26. The number of imidazole rings is 1. The smallest absolute Gasteiger partial charge is 0.255 e. The van der Waals surface area contributed by atoms with Crippen LogP contribution in [0.5, 0.6) is 0 Å². The Morgan fingerprint density at radius 3 is 2.92 bits per heavy atom. The topological polar surface area (TPSA) is 51.0 Å². The normalized spacial score (nSPS) is 26.9. The number of carbonyl (C=O) groups excluding carboxylic acids is 1. The van der Waals surface area contributed by atoms with E-state index in [2.05, 4.69) is 21.8 Å². The van der Waals surface area contributed by atoms with Gasteiger partial charge in [0.05, 0.1) is 5.56 Å². The average molecular weight is 324 g/mol. The van der Waals surface area contributed by atoms with Crippen LogP contribution in [0.25, 0.3) is 5.82 Å². The molecule has 2 aromatic heterocycles. The summed E-state index contributed by atoms with van der Waals surface area (Å²) in [5.41, 5.74) is 0.693. The summed E-state index contributed by atoms with van der Waals surface area (Å²) in [6.07, 6.45) is 13.0. The van der Waals surface area contributed by atoms with Gasteiger partial charge >= 0.3 is 0 Å². The van der Waals surface area contributed by atoms with E-state index >= 15 is 0 Å². The molecule has 1 saturated heterocycles. The van der Waals surface area contributed by atoms with Crippen molar-refractivity contribution < 1.29 is 4.79 Å². The van der Waals surface area contributed by atoms with Crippen molar-refractivity contribution >= 4 is 5.91 Å². The summed E-state index contributed by atoms with van der Waals surface area (Å²) < 4.78 is 1.84. The molecule has 1 saturated carbocycles. The Bertz CT molecular complexity index is 695. The zero-order valence-electron chi connectivity index (χ0n) is 14.1. The summed E-state index contributed by atoms with van der Waals surface area (Å²) in [4.78, 5) is 23.6. The van der Waals surface area contributed by atoms with E-state index in [1.54, 1.807) is 18.7 Å². The molecular formula is C19H24N4O. The summed E-state index contributed by atoms with van der Waals surface area (Å²) in [6, 6.07) is 4.20.